The van der Waals surface area contributed by atoms with Crippen molar-refractivity contribution in [2.45, 2.75) is 31.6 Å². The number of aryl methyl sites for hydroxylation is 2. The van der Waals surface area contributed by atoms with Gasteiger partial charge in [0.05, 0.1) is 22.9 Å². The van der Waals surface area contributed by atoms with Gasteiger partial charge in [0.15, 0.2) is 0 Å². The normalized spacial score (nSPS) is 22.9. The lowest BCUT2D eigenvalue weighted by Gasteiger charge is -2.52. The summed E-state index contributed by atoms with van der Waals surface area (Å²) in [5, 5.41) is 6.90. The van der Waals surface area contributed by atoms with Gasteiger partial charge in [-0.1, -0.05) is 85.3 Å². The average Bonchev–Trinajstić information content (AvgIpc) is 3.32. The zero-order chi connectivity index (χ0) is 30.6. The van der Waals surface area contributed by atoms with Crippen LogP contribution in [0, 0.1) is 18.8 Å². The van der Waals surface area contributed by atoms with Crippen molar-refractivity contribution >= 4 is 41.2 Å². The van der Waals surface area contributed by atoms with Crippen molar-refractivity contribution in [1.29, 1.82) is 0 Å². The molecule has 3 aliphatic carbocycles. The maximum Gasteiger partial charge on any atom is 0.329 e. The summed E-state index contributed by atoms with van der Waals surface area (Å²) in [5.41, 5.74) is 7.98. The molecule has 8 nitrogen and oxygen atoms in total. The van der Waals surface area contributed by atoms with E-state index in [-0.39, 0.29) is 17.7 Å². The number of carbonyl (C=O) groups excluding carboxylic acids is 4. The number of hydrogen-bond acceptors (Lipinski definition) is 5. The first-order valence-electron chi connectivity index (χ1n) is 14.7. The summed E-state index contributed by atoms with van der Waals surface area (Å²) in [7, 11) is 0. The molecule has 8 rings (SSSR count). The van der Waals surface area contributed by atoms with Crippen LogP contribution in [-0.2, 0) is 31.0 Å². The Labute approximate surface area is 254 Å². The van der Waals surface area contributed by atoms with Gasteiger partial charge >= 0.3 is 11.8 Å². The van der Waals surface area contributed by atoms with E-state index in [1.165, 1.54) is 4.90 Å². The molecule has 1 aliphatic heterocycles. The van der Waals surface area contributed by atoms with Crippen molar-refractivity contribution in [2.75, 3.05) is 10.2 Å². The maximum absolute atomic E-state index is 14.4. The first-order valence-corrected chi connectivity index (χ1v) is 14.7. The van der Waals surface area contributed by atoms with E-state index in [1.54, 1.807) is 30.5 Å². The third-order valence-corrected chi connectivity index (χ3v) is 9.24. The van der Waals surface area contributed by atoms with Crippen LogP contribution < -0.4 is 15.6 Å². The molecule has 1 heterocycles. The fourth-order valence-corrected chi connectivity index (χ4v) is 7.25. The molecule has 0 saturated carbocycles. The second-order valence-electron chi connectivity index (χ2n) is 11.6. The first kappa shape index (κ1) is 27.5. The molecule has 2 atom stereocenters. The number of amides is 4. The van der Waals surface area contributed by atoms with Crippen LogP contribution in [0.1, 0.15) is 46.2 Å². The zero-order valence-electron chi connectivity index (χ0n) is 24.3. The Kier molecular flexibility index (Phi) is 6.50. The molecule has 2 bridgehead atoms. The van der Waals surface area contributed by atoms with Crippen molar-refractivity contribution in [1.82, 2.24) is 5.43 Å². The minimum absolute atomic E-state index is 0.256. The Morgan fingerprint density at radius 3 is 2.05 bits per heavy atom. The van der Waals surface area contributed by atoms with Gasteiger partial charge in [-0.3, -0.25) is 19.2 Å². The monoisotopic (exact) mass is 582 g/mol. The molecule has 8 heteroatoms. The van der Waals surface area contributed by atoms with Crippen molar-refractivity contribution in [3.8, 4) is 0 Å². The number of nitrogens with one attached hydrogen (secondary N) is 2. The van der Waals surface area contributed by atoms with Crippen LogP contribution >= 0.6 is 0 Å². The van der Waals surface area contributed by atoms with Gasteiger partial charge in [-0.25, -0.2) is 10.3 Å². The average molecular weight is 583 g/mol. The van der Waals surface area contributed by atoms with Gasteiger partial charge in [0.2, 0.25) is 11.8 Å². The van der Waals surface area contributed by atoms with Crippen LogP contribution in [0.25, 0.3) is 0 Å². The summed E-state index contributed by atoms with van der Waals surface area (Å²) in [6.07, 6.45) is 2.40. The summed E-state index contributed by atoms with van der Waals surface area (Å²) in [6.45, 7) is 3.98. The molecule has 0 unspecified atom stereocenters. The quantitative estimate of drug-likeness (QED) is 0.152. The van der Waals surface area contributed by atoms with E-state index in [1.807, 2.05) is 86.6 Å². The molecule has 4 aromatic rings. The third-order valence-electron chi connectivity index (χ3n) is 9.24. The number of carbonyl (C=O) groups is 4. The van der Waals surface area contributed by atoms with Gasteiger partial charge in [0.1, 0.15) is 0 Å². The zero-order valence-corrected chi connectivity index (χ0v) is 24.3. The van der Waals surface area contributed by atoms with E-state index in [2.05, 4.69) is 15.8 Å². The fourth-order valence-electron chi connectivity index (χ4n) is 7.25. The SMILES string of the molecule is CCc1ccc(NC(=O)C(=O)N/N=C\C23c4ccccc4C(c4ccccc42)[C@H]2C(=O)N(c4ccc(C)cc4)C(=O)[C@H]23)cc1. The van der Waals surface area contributed by atoms with Crippen molar-refractivity contribution in [3.63, 3.8) is 0 Å². The molecule has 4 amide bonds. The molecule has 4 aromatic carbocycles. The van der Waals surface area contributed by atoms with Gasteiger partial charge in [-0.05, 0) is 65.4 Å². The predicted octanol–water partition coefficient (Wildman–Crippen LogP) is 4.85. The maximum atomic E-state index is 14.4. The van der Waals surface area contributed by atoms with Gasteiger partial charge in [-0.2, -0.15) is 5.10 Å². The Morgan fingerprint density at radius 2 is 1.43 bits per heavy atom. The number of imide groups is 1. The molecular formula is C36H30N4O4. The molecule has 2 N–H and O–H groups in total. The van der Waals surface area contributed by atoms with Crippen LogP contribution in [0.15, 0.2) is 102 Å². The lowest BCUT2D eigenvalue weighted by molar-refractivity contribution is -0.136. The highest BCUT2D eigenvalue weighted by Crippen LogP contribution is 2.63. The predicted molar refractivity (Wildman–Crippen MR) is 167 cm³/mol. The molecule has 1 fully saturated rings. The van der Waals surface area contributed by atoms with Crippen LogP contribution in [0.3, 0.4) is 0 Å². The molecule has 218 valence electrons. The number of hydrazone groups is 1. The van der Waals surface area contributed by atoms with E-state index < -0.39 is 29.1 Å². The summed E-state index contributed by atoms with van der Waals surface area (Å²) in [5.74, 6) is -4.16. The number of nitrogens with zero attached hydrogens (tertiary/aromatic N) is 2. The molecule has 4 aliphatic rings. The topological polar surface area (TPSA) is 108 Å². The Morgan fingerprint density at radius 1 is 0.818 bits per heavy atom. The summed E-state index contributed by atoms with van der Waals surface area (Å²) in [4.78, 5) is 55.5. The van der Waals surface area contributed by atoms with E-state index in [0.29, 0.717) is 11.4 Å². The number of rotatable bonds is 5. The number of anilines is 2. The van der Waals surface area contributed by atoms with Crippen molar-refractivity contribution in [3.05, 3.63) is 130 Å². The van der Waals surface area contributed by atoms with E-state index >= 15 is 0 Å². The summed E-state index contributed by atoms with van der Waals surface area (Å²) < 4.78 is 0. The van der Waals surface area contributed by atoms with Gasteiger partial charge < -0.3 is 5.32 Å². The second-order valence-corrected chi connectivity index (χ2v) is 11.6. The minimum Gasteiger partial charge on any atom is -0.318 e. The Balaban J connectivity index is 1.28. The second kappa shape index (κ2) is 10.4. The standard InChI is InChI=1S/C36H30N4O4/c1-3-22-14-16-23(17-15-22)38-32(41)33(42)39-37-20-36-27-10-6-4-8-25(27)29(26-9-5-7-11-28(26)36)30-31(36)35(44)40(34(30)43)24-18-12-21(2)13-19-24/h4-20,29-31H,3H2,1-2H3,(H,38,41)(H,39,42)/b37-20-/t29?,30-,31+,36?/m1/s1. The molecule has 1 saturated heterocycles. The van der Waals surface area contributed by atoms with Gasteiger partial charge in [0, 0.05) is 17.8 Å². The van der Waals surface area contributed by atoms with E-state index in [0.717, 1.165) is 39.8 Å². The summed E-state index contributed by atoms with van der Waals surface area (Å²) in [6, 6.07) is 30.2. The number of hydrogen-bond donors (Lipinski definition) is 2. The fraction of sp³-hybridized carbons (Fsp3) is 0.194. The highest BCUT2D eigenvalue weighted by molar-refractivity contribution is 6.39. The van der Waals surface area contributed by atoms with E-state index in [4.69, 9.17) is 0 Å². The summed E-state index contributed by atoms with van der Waals surface area (Å²) >= 11 is 0. The molecule has 0 radical (unpaired) electrons. The molecule has 44 heavy (non-hydrogen) atoms. The molecular weight excluding hydrogens is 552 g/mol. The van der Waals surface area contributed by atoms with Gasteiger partial charge in [-0.15, -0.1) is 0 Å². The third kappa shape index (κ3) is 4.01. The highest BCUT2D eigenvalue weighted by atomic mass is 16.2. The van der Waals surface area contributed by atoms with Crippen LogP contribution in [-0.4, -0.2) is 29.8 Å². The minimum atomic E-state index is -1.15. The van der Waals surface area contributed by atoms with Crippen LogP contribution in [0.2, 0.25) is 0 Å². The van der Waals surface area contributed by atoms with Crippen LogP contribution in [0.5, 0.6) is 0 Å². The molecule has 0 aromatic heterocycles. The van der Waals surface area contributed by atoms with Crippen molar-refractivity contribution in [2.24, 2.45) is 16.9 Å². The number of benzene rings is 4. The van der Waals surface area contributed by atoms with Gasteiger partial charge in [0.25, 0.3) is 0 Å². The lowest BCUT2D eigenvalue weighted by atomic mass is 9.47. The van der Waals surface area contributed by atoms with Crippen LogP contribution in [0.4, 0.5) is 11.4 Å². The Hall–Kier alpha value is -5.37. The lowest BCUT2D eigenvalue weighted by Crippen LogP contribution is -2.54. The first-order chi connectivity index (χ1) is 21.3. The van der Waals surface area contributed by atoms with Crippen molar-refractivity contribution < 1.29 is 19.2 Å². The van der Waals surface area contributed by atoms with E-state index in [9.17, 15) is 19.2 Å². The Bertz CT molecular complexity index is 1810. The molecule has 0 spiro atoms. The highest BCUT2D eigenvalue weighted by Gasteiger charge is 2.68. The largest absolute Gasteiger partial charge is 0.329 e. The smallest absolute Gasteiger partial charge is 0.318 e.